The average Bonchev–Trinajstić information content (AvgIpc) is 3.24. The molecule has 1 atom stereocenters. The highest BCUT2D eigenvalue weighted by Crippen LogP contribution is 2.47. The van der Waals surface area contributed by atoms with E-state index in [1.807, 2.05) is 57.2 Å². The molecule has 1 fully saturated rings. The van der Waals surface area contributed by atoms with Crippen LogP contribution in [0, 0.1) is 20.8 Å². The van der Waals surface area contributed by atoms with E-state index in [1.165, 1.54) is 7.11 Å². The van der Waals surface area contributed by atoms with E-state index in [1.54, 1.807) is 18.9 Å². The van der Waals surface area contributed by atoms with Crippen LogP contribution in [0.5, 0.6) is 5.75 Å². The van der Waals surface area contributed by atoms with Gasteiger partial charge < -0.3 is 9.47 Å². The number of benzene rings is 2. The van der Waals surface area contributed by atoms with Crippen molar-refractivity contribution in [2.24, 2.45) is 0 Å². The maximum Gasteiger partial charge on any atom is 0.320 e. The van der Waals surface area contributed by atoms with Crippen LogP contribution < -0.4 is 4.74 Å². The summed E-state index contributed by atoms with van der Waals surface area (Å²) in [5.41, 5.74) is 5.00. The average molecular weight is 441 g/mol. The predicted octanol–water partition coefficient (Wildman–Crippen LogP) is 5.69. The first-order valence-electron chi connectivity index (χ1n) is 10.8. The van der Waals surface area contributed by atoms with Gasteiger partial charge in [-0.2, -0.15) is 0 Å². The van der Waals surface area contributed by atoms with Crippen LogP contribution in [0.2, 0.25) is 0 Å². The molecule has 1 saturated carbocycles. The SMILES string of the molecule is COC(=O)C(C(=O)C1(SCc2ccc(OC)cc2)CCCC1)c1c(C)cc(C)cc1C. The number of ether oxygens (including phenoxy) is 2. The van der Waals surface area contributed by atoms with Gasteiger partial charge in [-0.15, -0.1) is 11.8 Å². The third kappa shape index (κ3) is 4.98. The minimum Gasteiger partial charge on any atom is -0.497 e. The van der Waals surface area contributed by atoms with E-state index < -0.39 is 16.6 Å². The molecule has 0 heterocycles. The fraction of sp³-hybridized carbons (Fsp3) is 0.462. The first kappa shape index (κ1) is 23.4. The lowest BCUT2D eigenvalue weighted by Crippen LogP contribution is -2.40. The summed E-state index contributed by atoms with van der Waals surface area (Å²) in [5, 5.41) is 0. The molecule has 0 radical (unpaired) electrons. The number of esters is 1. The molecule has 1 unspecified atom stereocenters. The predicted molar refractivity (Wildman–Crippen MR) is 126 cm³/mol. The molecule has 4 nitrogen and oxygen atoms in total. The summed E-state index contributed by atoms with van der Waals surface area (Å²) in [6.45, 7) is 5.98. The van der Waals surface area contributed by atoms with Crippen LogP contribution in [0.4, 0.5) is 0 Å². The second-order valence-electron chi connectivity index (χ2n) is 8.47. The summed E-state index contributed by atoms with van der Waals surface area (Å²) in [6.07, 6.45) is 3.59. The Morgan fingerprint density at radius 1 is 1.00 bits per heavy atom. The quantitative estimate of drug-likeness (QED) is 0.390. The second-order valence-corrected chi connectivity index (χ2v) is 9.83. The highest BCUT2D eigenvalue weighted by atomic mass is 32.2. The van der Waals surface area contributed by atoms with Gasteiger partial charge in [0.15, 0.2) is 5.78 Å². The number of ketones is 1. The van der Waals surface area contributed by atoms with E-state index in [9.17, 15) is 9.59 Å². The summed E-state index contributed by atoms with van der Waals surface area (Å²) in [5.74, 6) is 0.181. The van der Waals surface area contributed by atoms with Crippen molar-refractivity contribution in [3.63, 3.8) is 0 Å². The molecule has 0 N–H and O–H groups in total. The molecular formula is C26H32O4S. The molecule has 5 heteroatoms. The highest BCUT2D eigenvalue weighted by molar-refractivity contribution is 8.00. The molecule has 2 aromatic rings. The zero-order chi connectivity index (χ0) is 22.6. The monoisotopic (exact) mass is 440 g/mol. The molecule has 0 saturated heterocycles. The zero-order valence-electron chi connectivity index (χ0n) is 19.1. The summed E-state index contributed by atoms with van der Waals surface area (Å²) in [6, 6.07) is 12.0. The summed E-state index contributed by atoms with van der Waals surface area (Å²) < 4.78 is 9.81. The van der Waals surface area contributed by atoms with Crippen LogP contribution in [0.25, 0.3) is 0 Å². The Bertz CT molecular complexity index is 919. The maximum atomic E-state index is 14.0. The van der Waals surface area contributed by atoms with Gasteiger partial charge >= 0.3 is 5.97 Å². The van der Waals surface area contributed by atoms with Crippen LogP contribution in [0.1, 0.15) is 59.4 Å². The number of aryl methyl sites for hydroxylation is 3. The first-order valence-corrected chi connectivity index (χ1v) is 11.8. The van der Waals surface area contributed by atoms with Crippen LogP contribution in [0.15, 0.2) is 36.4 Å². The molecular weight excluding hydrogens is 408 g/mol. The number of hydrogen-bond donors (Lipinski definition) is 0. The standard InChI is InChI=1S/C26H32O4S/c1-17-14-18(2)22(19(3)15-17)23(25(28)30-5)24(27)26(12-6-7-13-26)31-16-20-8-10-21(29-4)11-9-20/h8-11,14-15,23H,6-7,12-13,16H2,1-5H3. The van der Waals surface area contributed by atoms with Gasteiger partial charge in [0, 0.05) is 5.75 Å². The Morgan fingerprint density at radius 3 is 2.10 bits per heavy atom. The number of carbonyl (C=O) groups is 2. The number of carbonyl (C=O) groups excluding carboxylic acids is 2. The zero-order valence-corrected chi connectivity index (χ0v) is 19.9. The number of thioether (sulfide) groups is 1. The van der Waals surface area contributed by atoms with Crippen molar-refractivity contribution in [1.82, 2.24) is 0 Å². The number of rotatable bonds is 8. The Balaban J connectivity index is 1.94. The minimum atomic E-state index is -0.882. The van der Waals surface area contributed by atoms with E-state index in [0.717, 1.165) is 65.0 Å². The van der Waals surface area contributed by atoms with Crippen molar-refractivity contribution in [3.8, 4) is 5.75 Å². The lowest BCUT2D eigenvalue weighted by atomic mass is 9.81. The molecule has 0 aliphatic heterocycles. The Morgan fingerprint density at radius 2 is 1.58 bits per heavy atom. The largest absolute Gasteiger partial charge is 0.497 e. The van der Waals surface area contributed by atoms with Gasteiger partial charge in [-0.05, 0) is 68.0 Å². The van der Waals surface area contributed by atoms with Crippen LogP contribution in [-0.2, 0) is 20.1 Å². The fourth-order valence-electron chi connectivity index (χ4n) is 4.73. The topological polar surface area (TPSA) is 52.6 Å². The molecule has 0 spiro atoms. The summed E-state index contributed by atoms with van der Waals surface area (Å²) >= 11 is 1.67. The highest BCUT2D eigenvalue weighted by Gasteiger charge is 2.48. The Hall–Kier alpha value is -2.27. The Labute approximate surface area is 189 Å². The summed E-state index contributed by atoms with van der Waals surface area (Å²) in [4.78, 5) is 27.0. The third-order valence-electron chi connectivity index (χ3n) is 6.26. The fourth-order valence-corrected chi connectivity index (χ4v) is 6.21. The third-order valence-corrected chi connectivity index (χ3v) is 7.90. The van der Waals surface area contributed by atoms with E-state index in [-0.39, 0.29) is 5.78 Å². The van der Waals surface area contributed by atoms with Gasteiger partial charge in [0.2, 0.25) is 0 Å². The van der Waals surface area contributed by atoms with Crippen LogP contribution in [0.3, 0.4) is 0 Å². The second kappa shape index (κ2) is 9.90. The van der Waals surface area contributed by atoms with E-state index in [2.05, 4.69) is 0 Å². The molecule has 31 heavy (non-hydrogen) atoms. The van der Waals surface area contributed by atoms with Crippen molar-refractivity contribution >= 4 is 23.5 Å². The van der Waals surface area contributed by atoms with Gasteiger partial charge in [-0.25, -0.2) is 0 Å². The number of Topliss-reactive ketones (excluding diaryl/α,β-unsaturated/α-hetero) is 1. The Kier molecular flexibility index (Phi) is 7.47. The minimum absolute atomic E-state index is 0.00888. The summed E-state index contributed by atoms with van der Waals surface area (Å²) in [7, 11) is 3.02. The number of hydrogen-bond acceptors (Lipinski definition) is 5. The van der Waals surface area contributed by atoms with Crippen molar-refractivity contribution in [2.45, 2.75) is 62.9 Å². The maximum absolute atomic E-state index is 14.0. The molecule has 1 aliphatic rings. The molecule has 0 bridgehead atoms. The van der Waals surface area contributed by atoms with E-state index >= 15 is 0 Å². The van der Waals surface area contributed by atoms with E-state index in [0.29, 0.717) is 0 Å². The van der Waals surface area contributed by atoms with Gasteiger partial charge in [0.1, 0.15) is 11.7 Å². The van der Waals surface area contributed by atoms with Crippen molar-refractivity contribution in [2.75, 3.05) is 14.2 Å². The molecule has 0 aromatic heterocycles. The molecule has 3 rings (SSSR count). The van der Waals surface area contributed by atoms with Gasteiger partial charge in [0.05, 0.1) is 19.0 Å². The van der Waals surface area contributed by atoms with Crippen molar-refractivity contribution in [3.05, 3.63) is 64.2 Å². The number of methoxy groups -OCH3 is 2. The molecule has 1 aliphatic carbocycles. The smallest absolute Gasteiger partial charge is 0.320 e. The normalized spacial score (nSPS) is 16.0. The van der Waals surface area contributed by atoms with Gasteiger partial charge in [-0.1, -0.05) is 42.7 Å². The van der Waals surface area contributed by atoms with Crippen LogP contribution >= 0.6 is 11.8 Å². The van der Waals surface area contributed by atoms with Crippen molar-refractivity contribution in [1.29, 1.82) is 0 Å². The van der Waals surface area contributed by atoms with Crippen LogP contribution in [-0.4, -0.2) is 30.7 Å². The lowest BCUT2D eigenvalue weighted by molar-refractivity contribution is -0.146. The van der Waals surface area contributed by atoms with E-state index in [4.69, 9.17) is 9.47 Å². The van der Waals surface area contributed by atoms with Gasteiger partial charge in [-0.3, -0.25) is 9.59 Å². The first-order chi connectivity index (χ1) is 14.8. The van der Waals surface area contributed by atoms with Gasteiger partial charge in [0.25, 0.3) is 0 Å². The molecule has 166 valence electrons. The molecule has 2 aromatic carbocycles. The lowest BCUT2D eigenvalue weighted by Gasteiger charge is -2.31. The molecule has 0 amide bonds. The van der Waals surface area contributed by atoms with Crippen molar-refractivity contribution < 1.29 is 19.1 Å².